The maximum Gasteiger partial charge on any atom is 0.387 e. The van der Waals surface area contributed by atoms with Gasteiger partial charge in [-0.05, 0) is 48.0 Å². The zero-order valence-electron chi connectivity index (χ0n) is 13.6. The molecule has 1 amide bonds. The van der Waals surface area contributed by atoms with Gasteiger partial charge in [-0.1, -0.05) is 12.1 Å². The van der Waals surface area contributed by atoms with Gasteiger partial charge in [0.05, 0.1) is 4.90 Å². The molecule has 2 aromatic rings. The molecule has 0 bridgehead atoms. The second kappa shape index (κ2) is 8.39. The van der Waals surface area contributed by atoms with Crippen LogP contribution in [0.25, 0.3) is 6.08 Å². The number of amides is 1. The van der Waals surface area contributed by atoms with Crippen LogP contribution in [0.1, 0.15) is 5.56 Å². The molecule has 2 rings (SSSR count). The van der Waals surface area contributed by atoms with Crippen LogP contribution in [0.15, 0.2) is 59.0 Å². The summed E-state index contributed by atoms with van der Waals surface area (Å²) in [7, 11) is -3.85. The second-order valence-corrected chi connectivity index (χ2v) is 6.70. The van der Waals surface area contributed by atoms with Crippen molar-refractivity contribution in [3.8, 4) is 11.8 Å². The molecule has 0 fully saturated rings. The lowest BCUT2D eigenvalue weighted by molar-refractivity contribution is -0.112. The molecule has 0 radical (unpaired) electrons. The van der Waals surface area contributed by atoms with Gasteiger partial charge in [0, 0.05) is 5.69 Å². The van der Waals surface area contributed by atoms with E-state index in [1.165, 1.54) is 54.6 Å². The largest absolute Gasteiger partial charge is 0.435 e. The van der Waals surface area contributed by atoms with Crippen LogP contribution < -0.4 is 15.2 Å². The van der Waals surface area contributed by atoms with Crippen molar-refractivity contribution < 1.29 is 26.7 Å². The molecule has 0 saturated heterocycles. The number of carbonyl (C=O) groups excluding carboxylic acids is 1. The molecule has 10 heteroatoms. The first kappa shape index (κ1) is 20.0. The molecule has 0 spiro atoms. The van der Waals surface area contributed by atoms with E-state index >= 15 is 0 Å². The Bertz CT molecular complexity index is 996. The van der Waals surface area contributed by atoms with Crippen LogP contribution in [-0.4, -0.2) is 20.9 Å². The summed E-state index contributed by atoms with van der Waals surface area (Å²) in [6, 6.07) is 12.2. The fourth-order valence-electron chi connectivity index (χ4n) is 1.99. The number of hydrogen-bond acceptors (Lipinski definition) is 5. The smallest absolute Gasteiger partial charge is 0.387 e. The summed E-state index contributed by atoms with van der Waals surface area (Å²) < 4.78 is 50.8. The summed E-state index contributed by atoms with van der Waals surface area (Å²) in [5.74, 6) is -0.784. The van der Waals surface area contributed by atoms with Crippen molar-refractivity contribution in [2.75, 3.05) is 5.32 Å². The Labute approximate surface area is 153 Å². The van der Waals surface area contributed by atoms with Crippen LogP contribution in [0.2, 0.25) is 0 Å². The summed E-state index contributed by atoms with van der Waals surface area (Å²) in [5, 5.41) is 16.6. The van der Waals surface area contributed by atoms with Crippen LogP contribution >= 0.6 is 0 Å². The lowest BCUT2D eigenvalue weighted by Crippen LogP contribution is -2.14. The first-order valence-electron chi connectivity index (χ1n) is 7.30. The Morgan fingerprint density at radius 3 is 2.22 bits per heavy atom. The predicted molar refractivity (Wildman–Crippen MR) is 93.1 cm³/mol. The number of nitrogens with two attached hydrogens (primary N) is 1. The third-order valence-electron chi connectivity index (χ3n) is 3.22. The van der Waals surface area contributed by atoms with Crippen LogP contribution in [0, 0.1) is 11.3 Å². The highest BCUT2D eigenvalue weighted by Crippen LogP contribution is 2.18. The van der Waals surface area contributed by atoms with E-state index in [-0.39, 0.29) is 21.9 Å². The average Bonchev–Trinajstić information content (AvgIpc) is 2.60. The number of rotatable bonds is 6. The zero-order chi connectivity index (χ0) is 20.0. The van der Waals surface area contributed by atoms with E-state index in [0.717, 1.165) is 0 Å². The summed E-state index contributed by atoms with van der Waals surface area (Å²) in [4.78, 5) is 12.1. The number of benzene rings is 2. The van der Waals surface area contributed by atoms with Gasteiger partial charge in [-0.3, -0.25) is 4.79 Å². The third-order valence-corrected chi connectivity index (χ3v) is 4.15. The number of anilines is 1. The van der Waals surface area contributed by atoms with Crippen LogP contribution in [0.4, 0.5) is 14.5 Å². The highest BCUT2D eigenvalue weighted by Gasteiger charge is 2.12. The van der Waals surface area contributed by atoms with Gasteiger partial charge in [-0.25, -0.2) is 13.6 Å². The van der Waals surface area contributed by atoms with Gasteiger partial charge in [0.15, 0.2) is 0 Å². The molecule has 0 aliphatic heterocycles. The zero-order valence-corrected chi connectivity index (χ0v) is 14.4. The maximum absolute atomic E-state index is 12.2. The van der Waals surface area contributed by atoms with E-state index in [9.17, 15) is 22.0 Å². The topological polar surface area (TPSA) is 122 Å². The van der Waals surface area contributed by atoms with Crippen molar-refractivity contribution in [3.63, 3.8) is 0 Å². The maximum atomic E-state index is 12.2. The summed E-state index contributed by atoms with van der Waals surface area (Å²) in [6.45, 7) is -2.95. The fourth-order valence-corrected chi connectivity index (χ4v) is 2.50. The molecule has 7 nitrogen and oxygen atoms in total. The number of nitrogens with one attached hydrogen (secondary N) is 1. The molecule has 0 aromatic heterocycles. The highest BCUT2D eigenvalue weighted by atomic mass is 32.2. The van der Waals surface area contributed by atoms with Gasteiger partial charge in [0.25, 0.3) is 5.91 Å². The van der Waals surface area contributed by atoms with Crippen molar-refractivity contribution in [2.45, 2.75) is 11.5 Å². The summed E-state index contributed by atoms with van der Waals surface area (Å²) in [5.41, 5.74) is 0.440. The van der Waals surface area contributed by atoms with Gasteiger partial charge in [-0.15, -0.1) is 0 Å². The number of sulfonamides is 1. The van der Waals surface area contributed by atoms with E-state index in [2.05, 4.69) is 10.1 Å². The van der Waals surface area contributed by atoms with E-state index in [4.69, 9.17) is 10.4 Å². The summed E-state index contributed by atoms with van der Waals surface area (Å²) >= 11 is 0. The molecule has 0 atom stereocenters. The Kier molecular flexibility index (Phi) is 6.23. The fraction of sp³-hybridized carbons (Fsp3) is 0.0588. The van der Waals surface area contributed by atoms with Crippen LogP contribution in [-0.2, 0) is 14.8 Å². The van der Waals surface area contributed by atoms with Gasteiger partial charge in [-0.2, -0.15) is 14.0 Å². The molecule has 140 valence electrons. The molecule has 0 unspecified atom stereocenters. The standard InChI is InChI=1S/C17H13F2N3O4S/c18-17(19)26-14-5-1-11(2-6-14)9-12(10-20)16(23)22-13-3-7-15(8-4-13)27(21,24)25/h1-9,17H,(H,22,23)(H2,21,24,25)/b12-9-. The van der Waals surface area contributed by atoms with Crippen molar-refractivity contribution in [1.82, 2.24) is 0 Å². The molecule has 0 aliphatic carbocycles. The molecular weight excluding hydrogens is 380 g/mol. The number of nitrogens with zero attached hydrogens (tertiary/aromatic N) is 1. The van der Waals surface area contributed by atoms with Crippen molar-refractivity contribution >= 4 is 27.7 Å². The van der Waals surface area contributed by atoms with E-state index in [1.807, 2.05) is 0 Å². The first-order chi connectivity index (χ1) is 12.7. The number of primary sulfonamides is 1. The van der Waals surface area contributed by atoms with Gasteiger partial charge < -0.3 is 10.1 Å². The number of halogens is 2. The number of nitriles is 1. The van der Waals surface area contributed by atoms with Gasteiger partial charge in [0.2, 0.25) is 10.0 Å². The number of hydrogen-bond donors (Lipinski definition) is 2. The van der Waals surface area contributed by atoms with E-state index in [1.54, 1.807) is 6.07 Å². The molecule has 0 heterocycles. The minimum Gasteiger partial charge on any atom is -0.435 e. The Balaban J connectivity index is 2.13. The first-order valence-corrected chi connectivity index (χ1v) is 8.84. The van der Waals surface area contributed by atoms with E-state index in [0.29, 0.717) is 5.56 Å². The van der Waals surface area contributed by atoms with Gasteiger partial charge >= 0.3 is 6.61 Å². The monoisotopic (exact) mass is 393 g/mol. The van der Waals surface area contributed by atoms with Crippen molar-refractivity contribution in [2.24, 2.45) is 5.14 Å². The summed E-state index contributed by atoms with van der Waals surface area (Å²) in [6.07, 6.45) is 1.26. The Morgan fingerprint density at radius 1 is 1.15 bits per heavy atom. The predicted octanol–water partition coefficient (Wildman–Crippen LogP) is 2.48. The molecule has 0 saturated carbocycles. The lowest BCUT2D eigenvalue weighted by atomic mass is 10.1. The Hall–Kier alpha value is -3.29. The van der Waals surface area contributed by atoms with Crippen LogP contribution in [0.3, 0.4) is 0 Å². The third kappa shape index (κ3) is 5.88. The van der Waals surface area contributed by atoms with E-state index < -0.39 is 22.5 Å². The normalized spacial score (nSPS) is 11.7. The SMILES string of the molecule is N#C/C(=C/c1ccc(OC(F)F)cc1)C(=O)Nc1ccc(S(N)(=O)=O)cc1. The minimum absolute atomic E-state index is 0.0555. The number of ether oxygens (including phenoxy) is 1. The quantitative estimate of drug-likeness (QED) is 0.577. The highest BCUT2D eigenvalue weighted by molar-refractivity contribution is 7.89. The molecule has 0 aliphatic rings. The molecule has 3 N–H and O–H groups in total. The number of carbonyl (C=O) groups is 1. The molecule has 27 heavy (non-hydrogen) atoms. The van der Waals surface area contributed by atoms with Crippen molar-refractivity contribution in [3.05, 3.63) is 59.7 Å². The van der Waals surface area contributed by atoms with Gasteiger partial charge in [0.1, 0.15) is 17.4 Å². The van der Waals surface area contributed by atoms with Crippen LogP contribution in [0.5, 0.6) is 5.75 Å². The second-order valence-electron chi connectivity index (χ2n) is 5.14. The average molecular weight is 393 g/mol. The Morgan fingerprint density at radius 2 is 1.74 bits per heavy atom. The number of alkyl halides is 2. The van der Waals surface area contributed by atoms with Crippen molar-refractivity contribution in [1.29, 1.82) is 5.26 Å². The molecule has 2 aromatic carbocycles. The minimum atomic E-state index is -3.85. The molecular formula is C17H13F2N3O4S. The lowest BCUT2D eigenvalue weighted by Gasteiger charge is -2.06.